The quantitative estimate of drug-likeness (QED) is 0.181. The SMILES string of the molecule is COc1ccc(C(=O)N2Cc3ccccc3-c3[nH]c(Br)cc32)cc1.COc1ccc(S(=O)(=O)N2Cc3ccccc3-c3[nH]c(Br)cc32)cc1. The molecule has 9 nitrogen and oxygen atoms in total. The number of fused-ring (bicyclic) bond motifs is 6. The number of aromatic amines is 2. The van der Waals surface area contributed by atoms with Crippen LogP contribution in [0.25, 0.3) is 22.5 Å². The zero-order valence-electron chi connectivity index (χ0n) is 26.4. The molecule has 0 unspecified atom stereocenters. The van der Waals surface area contributed by atoms with Crippen LogP contribution in [-0.2, 0) is 23.1 Å². The maximum absolute atomic E-state index is 13.2. The van der Waals surface area contributed by atoms with Crippen LogP contribution in [0, 0.1) is 0 Å². The molecule has 2 N–H and O–H groups in total. The van der Waals surface area contributed by atoms with E-state index in [-0.39, 0.29) is 10.8 Å². The first-order chi connectivity index (χ1) is 23.7. The number of carbonyl (C=O) groups excluding carboxylic acids is 1. The first kappa shape index (κ1) is 32.8. The molecular weight excluding hydrogens is 772 g/mol. The number of nitrogens with zero attached hydrogens (tertiary/aromatic N) is 2. The Hall–Kier alpha value is -4.78. The van der Waals surface area contributed by atoms with E-state index in [9.17, 15) is 13.2 Å². The second kappa shape index (κ2) is 13.3. The smallest absolute Gasteiger partial charge is 0.264 e. The van der Waals surface area contributed by atoms with Crippen molar-refractivity contribution in [1.29, 1.82) is 0 Å². The van der Waals surface area contributed by atoms with Crippen LogP contribution in [0.1, 0.15) is 21.5 Å². The van der Waals surface area contributed by atoms with E-state index >= 15 is 0 Å². The molecule has 4 heterocycles. The summed E-state index contributed by atoms with van der Waals surface area (Å²) in [5, 5.41) is 0. The lowest BCUT2D eigenvalue weighted by molar-refractivity contribution is 0.0985. The summed E-state index contributed by atoms with van der Waals surface area (Å²) in [5.74, 6) is 1.33. The molecule has 0 bridgehead atoms. The van der Waals surface area contributed by atoms with E-state index in [1.165, 1.54) is 4.31 Å². The largest absolute Gasteiger partial charge is 0.497 e. The van der Waals surface area contributed by atoms with Crippen molar-refractivity contribution in [2.24, 2.45) is 0 Å². The number of hydrogen-bond acceptors (Lipinski definition) is 5. The summed E-state index contributed by atoms with van der Waals surface area (Å²) in [7, 11) is -0.529. The number of nitrogens with one attached hydrogen (secondary N) is 2. The molecule has 12 heteroatoms. The Bertz CT molecular complexity index is 2280. The predicted molar refractivity (Wildman–Crippen MR) is 198 cm³/mol. The Balaban J connectivity index is 0.000000154. The number of anilines is 2. The number of benzene rings is 4. The van der Waals surface area contributed by atoms with Crippen LogP contribution in [0.15, 0.2) is 123 Å². The summed E-state index contributed by atoms with van der Waals surface area (Å²) in [6.45, 7) is 0.847. The van der Waals surface area contributed by atoms with E-state index in [4.69, 9.17) is 9.47 Å². The number of sulfonamides is 1. The maximum atomic E-state index is 13.2. The highest BCUT2D eigenvalue weighted by Crippen LogP contribution is 2.43. The lowest BCUT2D eigenvalue weighted by Gasteiger charge is -2.29. The highest BCUT2D eigenvalue weighted by Gasteiger charge is 2.33. The standard InChI is InChI=1S/C19H15BrN2O2.C18H15BrN2O3S/c1-24-14-8-6-12(7-9-14)19(23)22-11-13-4-2-3-5-15(13)18-16(22)10-17(20)21-18;1-24-13-6-8-14(9-7-13)25(22,23)21-11-12-4-2-3-5-15(12)18-16(21)10-17(19)20-18/h2-10,21H,11H2,1H3;2-10,20H,11H2,1H3. The summed E-state index contributed by atoms with van der Waals surface area (Å²) in [6.07, 6.45) is 0. The van der Waals surface area contributed by atoms with Crippen LogP contribution in [0.3, 0.4) is 0 Å². The molecule has 248 valence electrons. The van der Waals surface area contributed by atoms with Crippen molar-refractivity contribution >= 4 is 59.2 Å². The molecular formula is C37H30Br2N4O5S. The van der Waals surface area contributed by atoms with Crippen molar-refractivity contribution in [1.82, 2.24) is 9.97 Å². The number of amides is 1. The molecule has 0 radical (unpaired) electrons. The van der Waals surface area contributed by atoms with Gasteiger partial charge in [0, 0.05) is 16.7 Å². The van der Waals surface area contributed by atoms with Gasteiger partial charge < -0.3 is 24.3 Å². The normalized spacial score (nSPS) is 12.9. The van der Waals surface area contributed by atoms with Crippen molar-refractivity contribution in [3.05, 3.63) is 135 Å². The van der Waals surface area contributed by atoms with E-state index in [0.29, 0.717) is 30.1 Å². The van der Waals surface area contributed by atoms with Crippen molar-refractivity contribution in [3.63, 3.8) is 0 Å². The minimum absolute atomic E-state index is 0.0279. The molecule has 0 spiro atoms. The van der Waals surface area contributed by atoms with Crippen molar-refractivity contribution in [3.8, 4) is 34.0 Å². The van der Waals surface area contributed by atoms with Gasteiger partial charge in [0.15, 0.2) is 0 Å². The number of aromatic nitrogens is 2. The van der Waals surface area contributed by atoms with Gasteiger partial charge >= 0.3 is 0 Å². The van der Waals surface area contributed by atoms with Gasteiger partial charge in [0.05, 0.1) is 64.2 Å². The zero-order valence-corrected chi connectivity index (χ0v) is 30.4. The molecule has 0 atom stereocenters. The Kier molecular flexibility index (Phi) is 8.86. The van der Waals surface area contributed by atoms with Gasteiger partial charge in [0.2, 0.25) is 0 Å². The first-order valence-electron chi connectivity index (χ1n) is 15.2. The summed E-state index contributed by atoms with van der Waals surface area (Å²) in [4.78, 5) is 21.6. The van der Waals surface area contributed by atoms with Gasteiger partial charge in [0.1, 0.15) is 11.5 Å². The number of carbonyl (C=O) groups is 1. The predicted octanol–water partition coefficient (Wildman–Crippen LogP) is 8.77. The second-order valence-corrected chi connectivity index (χ2v) is 14.9. The number of H-pyrrole nitrogens is 2. The number of ether oxygens (including phenoxy) is 2. The van der Waals surface area contributed by atoms with E-state index in [0.717, 1.165) is 54.3 Å². The van der Waals surface area contributed by atoms with Gasteiger partial charge in [-0.1, -0.05) is 48.5 Å². The molecule has 0 saturated heterocycles. The average molecular weight is 803 g/mol. The molecule has 6 aromatic rings. The molecule has 4 aromatic carbocycles. The number of rotatable bonds is 5. The summed E-state index contributed by atoms with van der Waals surface area (Å²) in [6, 6.07) is 33.3. The molecule has 2 aliphatic rings. The number of methoxy groups -OCH3 is 2. The van der Waals surface area contributed by atoms with Crippen LogP contribution in [0.4, 0.5) is 11.4 Å². The molecule has 0 fully saturated rings. The Morgan fingerprint density at radius 2 is 1.16 bits per heavy atom. The van der Waals surface area contributed by atoms with Crippen LogP contribution < -0.4 is 18.7 Å². The van der Waals surface area contributed by atoms with Gasteiger partial charge in [-0.3, -0.25) is 9.10 Å². The fourth-order valence-corrected chi connectivity index (χ4v) is 8.38. The topological polar surface area (TPSA) is 108 Å². The monoisotopic (exact) mass is 800 g/mol. The molecule has 0 saturated carbocycles. The fraction of sp³-hybridized carbons (Fsp3) is 0.108. The Morgan fingerprint density at radius 3 is 1.73 bits per heavy atom. The van der Waals surface area contributed by atoms with Gasteiger partial charge in [-0.05, 0) is 104 Å². The summed E-state index contributed by atoms with van der Waals surface area (Å²) < 4.78 is 39.8. The number of halogens is 2. The maximum Gasteiger partial charge on any atom is 0.264 e. The van der Waals surface area contributed by atoms with Crippen molar-refractivity contribution < 1.29 is 22.7 Å². The Labute approximate surface area is 300 Å². The summed E-state index contributed by atoms with van der Waals surface area (Å²) in [5.41, 5.74) is 8.17. The molecule has 8 rings (SSSR count). The van der Waals surface area contributed by atoms with Gasteiger partial charge in [-0.15, -0.1) is 0 Å². The van der Waals surface area contributed by atoms with Gasteiger partial charge in [0.25, 0.3) is 15.9 Å². The average Bonchev–Trinajstić information content (AvgIpc) is 3.73. The Morgan fingerprint density at radius 1 is 0.673 bits per heavy atom. The van der Waals surface area contributed by atoms with E-state index < -0.39 is 10.0 Å². The van der Waals surface area contributed by atoms with Gasteiger partial charge in [-0.2, -0.15) is 0 Å². The molecule has 49 heavy (non-hydrogen) atoms. The van der Waals surface area contributed by atoms with Gasteiger partial charge in [-0.25, -0.2) is 8.42 Å². The molecule has 0 aliphatic carbocycles. The lowest BCUT2D eigenvalue weighted by atomic mass is 9.98. The summed E-state index contributed by atoms with van der Waals surface area (Å²) >= 11 is 6.91. The fourth-order valence-electron chi connectivity index (χ4n) is 6.10. The highest BCUT2D eigenvalue weighted by molar-refractivity contribution is 9.10. The highest BCUT2D eigenvalue weighted by atomic mass is 79.9. The second-order valence-electron chi connectivity index (χ2n) is 11.4. The molecule has 2 aromatic heterocycles. The number of hydrogen-bond donors (Lipinski definition) is 2. The van der Waals surface area contributed by atoms with Crippen molar-refractivity contribution in [2.75, 3.05) is 23.4 Å². The lowest BCUT2D eigenvalue weighted by Crippen LogP contribution is -2.32. The molecule has 2 aliphatic heterocycles. The van der Waals surface area contributed by atoms with Crippen LogP contribution in [-0.4, -0.2) is 38.5 Å². The van der Waals surface area contributed by atoms with E-state index in [2.05, 4.69) is 54.0 Å². The minimum Gasteiger partial charge on any atom is -0.497 e. The molecule has 1 amide bonds. The third-order valence-electron chi connectivity index (χ3n) is 8.53. The van der Waals surface area contributed by atoms with E-state index in [1.54, 1.807) is 73.7 Å². The first-order valence-corrected chi connectivity index (χ1v) is 18.3. The van der Waals surface area contributed by atoms with Crippen LogP contribution >= 0.6 is 31.9 Å². The van der Waals surface area contributed by atoms with E-state index in [1.807, 2.05) is 42.5 Å². The van der Waals surface area contributed by atoms with Crippen LogP contribution in [0.5, 0.6) is 11.5 Å². The zero-order chi connectivity index (χ0) is 34.3. The van der Waals surface area contributed by atoms with Crippen molar-refractivity contribution in [2.45, 2.75) is 18.0 Å². The van der Waals surface area contributed by atoms with Crippen LogP contribution in [0.2, 0.25) is 0 Å². The minimum atomic E-state index is -3.69. The third-order valence-corrected chi connectivity index (χ3v) is 11.2. The third kappa shape index (κ3) is 6.16.